The molecule has 1 saturated heterocycles. The van der Waals surface area contributed by atoms with Gasteiger partial charge in [0.2, 0.25) is 0 Å². The van der Waals surface area contributed by atoms with Gasteiger partial charge in [-0.2, -0.15) is 0 Å². The maximum atomic E-state index is 10.7. The first-order valence-electron chi connectivity index (χ1n) is 4.59. The summed E-state index contributed by atoms with van der Waals surface area (Å²) in [5.74, 6) is 1.96. The van der Waals surface area contributed by atoms with Crippen molar-refractivity contribution < 1.29 is 4.79 Å². The Hall–Kier alpha value is -0.630. The van der Waals surface area contributed by atoms with Gasteiger partial charge in [0.25, 0.3) is 0 Å². The minimum atomic E-state index is -0.330. The van der Waals surface area contributed by atoms with Gasteiger partial charge in [0.1, 0.15) is 5.94 Å². The summed E-state index contributed by atoms with van der Waals surface area (Å²) in [6.45, 7) is 8.12. The van der Waals surface area contributed by atoms with E-state index in [1.165, 1.54) is 0 Å². The molecule has 74 valence electrons. The third-order valence-electron chi connectivity index (χ3n) is 2.54. The summed E-state index contributed by atoms with van der Waals surface area (Å²) in [7, 11) is 0. The van der Waals surface area contributed by atoms with E-state index in [4.69, 9.17) is 5.73 Å². The third kappa shape index (κ3) is 1.99. The zero-order valence-electron chi connectivity index (χ0n) is 8.77. The molecule has 3 nitrogen and oxygen atoms in total. The molecular weight excluding hydrogens is 164 g/mol. The van der Waals surface area contributed by atoms with Crippen molar-refractivity contribution in [3.63, 3.8) is 0 Å². The van der Waals surface area contributed by atoms with Crippen LogP contribution < -0.4 is 11.1 Å². The highest BCUT2D eigenvalue weighted by atomic mass is 16.1. The predicted octanol–water partition coefficient (Wildman–Crippen LogP) is 0.622. The molecule has 1 aliphatic heterocycles. The van der Waals surface area contributed by atoms with Crippen LogP contribution in [0, 0.1) is 0 Å². The van der Waals surface area contributed by atoms with E-state index >= 15 is 0 Å². The molecule has 1 heterocycles. The fourth-order valence-corrected chi connectivity index (χ4v) is 2.28. The Kier molecular flexibility index (Phi) is 2.37. The van der Waals surface area contributed by atoms with Crippen LogP contribution in [0.25, 0.3) is 0 Å². The quantitative estimate of drug-likeness (QED) is 0.540. The van der Waals surface area contributed by atoms with Gasteiger partial charge >= 0.3 is 0 Å². The monoisotopic (exact) mass is 182 g/mol. The largest absolute Gasteiger partial charge is 0.323 e. The van der Waals surface area contributed by atoms with E-state index in [1.807, 2.05) is 19.8 Å². The molecule has 13 heavy (non-hydrogen) atoms. The number of carbonyl (C=O) groups excluding carboxylic acids is 1. The molecule has 0 aliphatic carbocycles. The second-order valence-corrected chi connectivity index (χ2v) is 4.96. The van der Waals surface area contributed by atoms with E-state index < -0.39 is 0 Å². The summed E-state index contributed by atoms with van der Waals surface area (Å²) >= 11 is 0. The lowest BCUT2D eigenvalue weighted by atomic mass is 9.77. The normalized spacial score (nSPS) is 31.2. The van der Waals surface area contributed by atoms with Crippen molar-refractivity contribution in [2.45, 2.75) is 51.2 Å². The third-order valence-corrected chi connectivity index (χ3v) is 2.54. The molecule has 0 amide bonds. The maximum absolute atomic E-state index is 10.7. The first kappa shape index (κ1) is 10.5. The molecule has 3 N–H and O–H groups in total. The van der Waals surface area contributed by atoms with Crippen LogP contribution >= 0.6 is 0 Å². The summed E-state index contributed by atoms with van der Waals surface area (Å²) in [6, 6.07) is -0.163. The SMILES string of the molecule is CC1(C)CC(N)C(=C=O)C(C)(C)N1. The molecular formula is C10H18N2O. The lowest BCUT2D eigenvalue weighted by Crippen LogP contribution is -2.62. The van der Waals surface area contributed by atoms with Gasteiger partial charge < -0.3 is 11.1 Å². The van der Waals surface area contributed by atoms with Gasteiger partial charge in [-0.05, 0) is 34.1 Å². The summed E-state index contributed by atoms with van der Waals surface area (Å²) in [5.41, 5.74) is 6.21. The molecule has 0 aromatic rings. The van der Waals surface area contributed by atoms with Crippen LogP contribution in [-0.4, -0.2) is 23.1 Å². The van der Waals surface area contributed by atoms with Crippen LogP contribution in [0.15, 0.2) is 5.57 Å². The van der Waals surface area contributed by atoms with Crippen molar-refractivity contribution >= 4 is 5.94 Å². The van der Waals surface area contributed by atoms with Crippen LogP contribution in [0.3, 0.4) is 0 Å². The Morgan fingerprint density at radius 1 is 1.46 bits per heavy atom. The molecule has 0 aromatic heterocycles. The highest BCUT2D eigenvalue weighted by molar-refractivity contribution is 5.59. The molecule has 0 spiro atoms. The van der Waals surface area contributed by atoms with E-state index in [-0.39, 0.29) is 17.1 Å². The van der Waals surface area contributed by atoms with Crippen LogP contribution in [0.1, 0.15) is 34.1 Å². The molecule has 0 aromatic carbocycles. The van der Waals surface area contributed by atoms with Crippen LogP contribution in [0.5, 0.6) is 0 Å². The van der Waals surface area contributed by atoms with Crippen molar-refractivity contribution in [2.24, 2.45) is 5.73 Å². The number of nitrogens with one attached hydrogen (secondary N) is 1. The number of nitrogens with two attached hydrogens (primary N) is 1. The molecule has 3 heteroatoms. The Morgan fingerprint density at radius 2 is 2.00 bits per heavy atom. The summed E-state index contributed by atoms with van der Waals surface area (Å²) < 4.78 is 0. The predicted molar refractivity (Wildman–Crippen MR) is 53.1 cm³/mol. The van der Waals surface area contributed by atoms with Crippen LogP contribution in [0.4, 0.5) is 0 Å². The fourth-order valence-electron chi connectivity index (χ4n) is 2.28. The fraction of sp³-hybridized carbons (Fsp3) is 0.800. The molecule has 1 atom stereocenters. The minimum Gasteiger partial charge on any atom is -0.323 e. The van der Waals surface area contributed by atoms with Crippen molar-refractivity contribution in [3.8, 4) is 0 Å². The first-order chi connectivity index (χ1) is 5.78. The Labute approximate surface area is 79.4 Å². The standard InChI is InChI=1S/C10H18N2O/c1-9(2)5-8(11)7(6-13)10(3,4)12-9/h8,12H,5,11H2,1-4H3. The summed E-state index contributed by atoms with van der Waals surface area (Å²) in [4.78, 5) is 10.7. The zero-order valence-corrected chi connectivity index (χ0v) is 8.77. The first-order valence-corrected chi connectivity index (χ1v) is 4.59. The molecule has 0 saturated carbocycles. The Balaban J connectivity index is 3.02. The summed E-state index contributed by atoms with van der Waals surface area (Å²) in [5, 5.41) is 3.38. The van der Waals surface area contributed by atoms with Crippen molar-refractivity contribution in [2.75, 3.05) is 0 Å². The van der Waals surface area contributed by atoms with Crippen molar-refractivity contribution in [1.82, 2.24) is 5.32 Å². The smallest absolute Gasteiger partial charge is 0.127 e. The van der Waals surface area contributed by atoms with E-state index in [9.17, 15) is 4.79 Å². The second-order valence-electron chi connectivity index (χ2n) is 4.96. The lowest BCUT2D eigenvalue weighted by molar-refractivity contribution is 0.222. The van der Waals surface area contributed by atoms with E-state index in [1.54, 1.807) is 0 Å². The average Bonchev–Trinajstić information content (AvgIpc) is 1.79. The minimum absolute atomic E-state index is 0.0106. The zero-order chi connectivity index (χ0) is 10.3. The van der Waals surface area contributed by atoms with E-state index in [2.05, 4.69) is 19.2 Å². The topological polar surface area (TPSA) is 55.1 Å². The highest BCUT2D eigenvalue weighted by Crippen LogP contribution is 2.30. The number of piperidine rings is 1. The van der Waals surface area contributed by atoms with Crippen molar-refractivity contribution in [1.29, 1.82) is 0 Å². The Bertz CT molecular complexity index is 262. The van der Waals surface area contributed by atoms with Gasteiger partial charge in [0.05, 0.1) is 0 Å². The molecule has 1 aliphatic rings. The number of rotatable bonds is 0. The summed E-state index contributed by atoms with van der Waals surface area (Å²) in [6.07, 6.45) is 0.779. The molecule has 0 radical (unpaired) electrons. The molecule has 1 rings (SSSR count). The average molecular weight is 182 g/mol. The van der Waals surface area contributed by atoms with Gasteiger partial charge in [-0.15, -0.1) is 0 Å². The van der Waals surface area contributed by atoms with Crippen molar-refractivity contribution in [3.05, 3.63) is 5.57 Å². The van der Waals surface area contributed by atoms with Gasteiger partial charge in [-0.3, -0.25) is 0 Å². The van der Waals surface area contributed by atoms with Gasteiger partial charge in [-0.25, -0.2) is 4.79 Å². The van der Waals surface area contributed by atoms with Gasteiger partial charge in [-0.1, -0.05) is 0 Å². The molecule has 0 bridgehead atoms. The Morgan fingerprint density at radius 3 is 2.38 bits per heavy atom. The van der Waals surface area contributed by atoms with E-state index in [0.717, 1.165) is 6.42 Å². The second kappa shape index (κ2) is 2.95. The molecule has 1 fully saturated rings. The van der Waals surface area contributed by atoms with Gasteiger partial charge in [0, 0.05) is 22.7 Å². The molecule has 1 unspecified atom stereocenters. The van der Waals surface area contributed by atoms with Gasteiger partial charge in [0.15, 0.2) is 0 Å². The lowest BCUT2D eigenvalue weighted by Gasteiger charge is -2.45. The maximum Gasteiger partial charge on any atom is 0.127 e. The van der Waals surface area contributed by atoms with Crippen LogP contribution in [-0.2, 0) is 4.79 Å². The highest BCUT2D eigenvalue weighted by Gasteiger charge is 2.40. The van der Waals surface area contributed by atoms with E-state index in [0.29, 0.717) is 5.57 Å². The van der Waals surface area contributed by atoms with Crippen LogP contribution in [0.2, 0.25) is 0 Å². The number of hydrogen-bond acceptors (Lipinski definition) is 3. The number of hydrogen-bond donors (Lipinski definition) is 2.